The number of carbonyl (C=O) groups excluding carboxylic acids is 1. The SMILES string of the molecule is CC(C)OCCCNNC(=O)[C@@]1(Cc2ccccc2)N=C(c2ccc(OCCCO)cc2)O[C@H]1c1ccccc1Br. The standard InChI is InChI=1S/C32H38BrN3O5/c1-23(2)39-20-8-18-34-36-31(38)32(22-24-10-4-3-5-11-24)29(27-12-6-7-13-28(27)33)41-30(35-32)25-14-16-26(17-15-25)40-21-9-19-37/h3-7,10-17,23,29,34,37H,8-9,18-22H2,1-2H3,(H,36,38)/t29-,32-/m0/s1. The third-order valence-corrected chi connectivity index (χ3v) is 7.36. The zero-order chi connectivity index (χ0) is 29.1. The van der Waals surface area contributed by atoms with E-state index in [2.05, 4.69) is 26.8 Å². The van der Waals surface area contributed by atoms with E-state index in [4.69, 9.17) is 24.3 Å². The summed E-state index contributed by atoms with van der Waals surface area (Å²) in [5, 5.41) is 9.02. The quantitative estimate of drug-likeness (QED) is 0.160. The Morgan fingerprint density at radius 3 is 2.46 bits per heavy atom. The van der Waals surface area contributed by atoms with Crippen LogP contribution in [-0.2, 0) is 20.7 Å². The van der Waals surface area contributed by atoms with Crippen molar-refractivity contribution in [1.82, 2.24) is 10.9 Å². The van der Waals surface area contributed by atoms with E-state index >= 15 is 0 Å². The average molecular weight is 625 g/mol. The van der Waals surface area contributed by atoms with Gasteiger partial charge in [0.2, 0.25) is 5.90 Å². The van der Waals surface area contributed by atoms with Crippen molar-refractivity contribution in [3.8, 4) is 5.75 Å². The molecule has 3 aromatic rings. The fourth-order valence-corrected chi connectivity index (χ4v) is 5.08. The predicted molar refractivity (Wildman–Crippen MR) is 163 cm³/mol. The minimum atomic E-state index is -1.29. The van der Waals surface area contributed by atoms with Gasteiger partial charge in [0.1, 0.15) is 5.75 Å². The summed E-state index contributed by atoms with van der Waals surface area (Å²) in [7, 11) is 0. The van der Waals surface area contributed by atoms with Gasteiger partial charge in [-0.2, -0.15) is 0 Å². The molecule has 0 fully saturated rings. The van der Waals surface area contributed by atoms with Crippen molar-refractivity contribution in [3.63, 3.8) is 0 Å². The van der Waals surface area contributed by atoms with Crippen LogP contribution < -0.4 is 15.6 Å². The minimum absolute atomic E-state index is 0.0747. The van der Waals surface area contributed by atoms with Crippen LogP contribution in [0.2, 0.25) is 0 Å². The molecule has 2 atom stereocenters. The van der Waals surface area contributed by atoms with Crippen molar-refractivity contribution in [2.24, 2.45) is 4.99 Å². The van der Waals surface area contributed by atoms with Crippen LogP contribution in [0.15, 0.2) is 88.3 Å². The van der Waals surface area contributed by atoms with Gasteiger partial charge in [0, 0.05) is 48.2 Å². The first-order chi connectivity index (χ1) is 19.9. The fraction of sp³-hybridized carbons (Fsp3) is 0.375. The van der Waals surface area contributed by atoms with Crippen molar-refractivity contribution >= 4 is 27.7 Å². The first-order valence-corrected chi connectivity index (χ1v) is 14.8. The molecule has 3 aromatic carbocycles. The molecule has 9 heteroatoms. The Bertz CT molecular complexity index is 1290. The second kappa shape index (κ2) is 15.1. The molecule has 1 heterocycles. The number of carbonyl (C=O) groups is 1. The molecule has 4 rings (SSSR count). The largest absolute Gasteiger partial charge is 0.494 e. The highest BCUT2D eigenvalue weighted by molar-refractivity contribution is 9.10. The van der Waals surface area contributed by atoms with Gasteiger partial charge >= 0.3 is 0 Å². The Hall–Kier alpha value is -3.24. The number of halogens is 1. The highest BCUT2D eigenvalue weighted by atomic mass is 79.9. The van der Waals surface area contributed by atoms with E-state index in [0.29, 0.717) is 44.2 Å². The molecule has 218 valence electrons. The van der Waals surface area contributed by atoms with Crippen molar-refractivity contribution < 1.29 is 24.1 Å². The summed E-state index contributed by atoms with van der Waals surface area (Å²) in [5.41, 5.74) is 7.22. The highest BCUT2D eigenvalue weighted by Crippen LogP contribution is 2.44. The Kier molecular flexibility index (Phi) is 11.3. The fourth-order valence-electron chi connectivity index (χ4n) is 4.58. The number of rotatable bonds is 15. The number of benzene rings is 3. The van der Waals surface area contributed by atoms with E-state index < -0.39 is 11.6 Å². The number of aliphatic imine (C=N–C) groups is 1. The zero-order valence-electron chi connectivity index (χ0n) is 23.5. The summed E-state index contributed by atoms with van der Waals surface area (Å²) in [6.07, 6.45) is 1.10. The van der Waals surface area contributed by atoms with Gasteiger partial charge in [-0.05, 0) is 56.2 Å². The van der Waals surface area contributed by atoms with Crippen LogP contribution in [0.4, 0.5) is 0 Å². The number of nitrogens with zero attached hydrogens (tertiary/aromatic N) is 1. The van der Waals surface area contributed by atoms with Crippen LogP contribution in [0.1, 0.15) is 49.5 Å². The number of hydrogen-bond acceptors (Lipinski definition) is 7. The monoisotopic (exact) mass is 623 g/mol. The third kappa shape index (κ3) is 8.16. The molecule has 0 aliphatic carbocycles. The maximum atomic E-state index is 14.1. The van der Waals surface area contributed by atoms with Gasteiger partial charge in [-0.1, -0.05) is 64.5 Å². The summed E-state index contributed by atoms with van der Waals surface area (Å²) < 4.78 is 18.7. The summed E-state index contributed by atoms with van der Waals surface area (Å²) in [6.45, 7) is 5.64. The maximum Gasteiger partial charge on any atom is 0.266 e. The smallest absolute Gasteiger partial charge is 0.266 e. The maximum absolute atomic E-state index is 14.1. The Morgan fingerprint density at radius 2 is 1.76 bits per heavy atom. The summed E-state index contributed by atoms with van der Waals surface area (Å²) in [6, 6.07) is 25.0. The van der Waals surface area contributed by atoms with E-state index in [1.807, 2.05) is 92.7 Å². The molecule has 0 radical (unpaired) electrons. The molecule has 0 aromatic heterocycles. The molecule has 1 aliphatic rings. The van der Waals surface area contributed by atoms with Gasteiger partial charge in [0.05, 0.1) is 12.7 Å². The minimum Gasteiger partial charge on any atom is -0.494 e. The molecule has 0 unspecified atom stereocenters. The van der Waals surface area contributed by atoms with E-state index in [1.165, 1.54) is 0 Å². The van der Waals surface area contributed by atoms with Crippen molar-refractivity contribution in [1.29, 1.82) is 0 Å². The second-order valence-electron chi connectivity index (χ2n) is 10.1. The molecule has 1 aliphatic heterocycles. The molecule has 41 heavy (non-hydrogen) atoms. The number of ether oxygens (including phenoxy) is 3. The number of aliphatic hydroxyl groups excluding tert-OH is 1. The van der Waals surface area contributed by atoms with Crippen LogP contribution in [0.3, 0.4) is 0 Å². The normalized spacial score (nSPS) is 18.2. The molecule has 0 saturated carbocycles. The average Bonchev–Trinajstić information content (AvgIpc) is 3.36. The van der Waals surface area contributed by atoms with Gasteiger partial charge in [-0.25, -0.2) is 10.4 Å². The number of hydrazine groups is 1. The first-order valence-electron chi connectivity index (χ1n) is 14.0. The third-order valence-electron chi connectivity index (χ3n) is 6.63. The highest BCUT2D eigenvalue weighted by Gasteiger charge is 2.53. The Balaban J connectivity index is 1.67. The zero-order valence-corrected chi connectivity index (χ0v) is 25.1. The number of amides is 1. The van der Waals surface area contributed by atoms with Gasteiger partial charge < -0.3 is 19.3 Å². The Labute approximate surface area is 250 Å². The lowest BCUT2D eigenvalue weighted by Crippen LogP contribution is -2.54. The number of aliphatic hydroxyl groups is 1. The van der Waals surface area contributed by atoms with Gasteiger partial charge in [0.15, 0.2) is 11.6 Å². The van der Waals surface area contributed by atoms with E-state index in [1.54, 1.807) is 0 Å². The van der Waals surface area contributed by atoms with Gasteiger partial charge in [-0.3, -0.25) is 10.2 Å². The molecular weight excluding hydrogens is 586 g/mol. The predicted octanol–water partition coefficient (Wildman–Crippen LogP) is 5.15. The topological polar surface area (TPSA) is 101 Å². The summed E-state index contributed by atoms with van der Waals surface area (Å²) in [5.74, 6) is 0.775. The summed E-state index contributed by atoms with van der Waals surface area (Å²) in [4.78, 5) is 19.2. The van der Waals surface area contributed by atoms with Crippen molar-refractivity contribution in [3.05, 3.63) is 100 Å². The van der Waals surface area contributed by atoms with E-state index in [-0.39, 0.29) is 18.6 Å². The van der Waals surface area contributed by atoms with Gasteiger partial charge in [-0.15, -0.1) is 0 Å². The lowest BCUT2D eigenvalue weighted by molar-refractivity contribution is -0.130. The van der Waals surface area contributed by atoms with Crippen molar-refractivity contribution in [2.45, 2.75) is 50.9 Å². The first kappa shape index (κ1) is 30.7. The van der Waals surface area contributed by atoms with Crippen molar-refractivity contribution in [2.75, 3.05) is 26.4 Å². The van der Waals surface area contributed by atoms with Crippen LogP contribution >= 0.6 is 15.9 Å². The molecule has 1 amide bonds. The Morgan fingerprint density at radius 1 is 1.02 bits per heavy atom. The van der Waals surface area contributed by atoms with Gasteiger partial charge in [0.25, 0.3) is 5.91 Å². The molecule has 8 nitrogen and oxygen atoms in total. The molecular formula is C32H38BrN3O5. The second-order valence-corrected chi connectivity index (χ2v) is 11.0. The van der Waals surface area contributed by atoms with E-state index in [0.717, 1.165) is 27.6 Å². The number of hydrogen-bond donors (Lipinski definition) is 3. The molecule has 0 saturated heterocycles. The lowest BCUT2D eigenvalue weighted by atomic mass is 9.82. The van der Waals surface area contributed by atoms with E-state index in [9.17, 15) is 4.79 Å². The number of nitrogens with one attached hydrogen (secondary N) is 2. The lowest BCUT2D eigenvalue weighted by Gasteiger charge is -2.31. The van der Waals surface area contributed by atoms with Crippen LogP contribution in [0, 0.1) is 0 Å². The van der Waals surface area contributed by atoms with Crippen LogP contribution in [-0.4, -0.2) is 54.9 Å². The molecule has 3 N–H and O–H groups in total. The van der Waals surface area contributed by atoms with Crippen LogP contribution in [0.25, 0.3) is 0 Å². The summed E-state index contributed by atoms with van der Waals surface area (Å²) >= 11 is 3.67. The molecule has 0 bridgehead atoms. The van der Waals surface area contributed by atoms with Crippen LogP contribution in [0.5, 0.6) is 5.75 Å². The molecule has 0 spiro atoms.